The first-order valence-electron chi connectivity index (χ1n) is 9.49. The molecule has 0 unspecified atom stereocenters. The van der Waals surface area contributed by atoms with Crippen LogP contribution in [0.5, 0.6) is 0 Å². The fraction of sp³-hybridized carbons (Fsp3) is 0.227. The number of anilines is 2. The van der Waals surface area contributed by atoms with Gasteiger partial charge in [0, 0.05) is 5.69 Å². The molecule has 8 heteroatoms. The van der Waals surface area contributed by atoms with Crippen molar-refractivity contribution in [1.82, 2.24) is 0 Å². The summed E-state index contributed by atoms with van der Waals surface area (Å²) in [5, 5.41) is 9.10. The molecule has 3 rings (SSSR count). The van der Waals surface area contributed by atoms with Crippen molar-refractivity contribution in [3.63, 3.8) is 0 Å². The van der Waals surface area contributed by atoms with Crippen LogP contribution in [0.15, 0.2) is 42.5 Å². The van der Waals surface area contributed by atoms with Gasteiger partial charge in [-0.25, -0.2) is 9.59 Å². The zero-order valence-electron chi connectivity index (χ0n) is 16.9. The van der Waals surface area contributed by atoms with E-state index in [2.05, 4.69) is 10.6 Å². The Balaban J connectivity index is 1.85. The molecular weight excluding hydrogens is 420 g/mol. The van der Waals surface area contributed by atoms with Crippen molar-refractivity contribution >= 4 is 62.1 Å². The predicted molar refractivity (Wildman–Crippen MR) is 125 cm³/mol. The fourth-order valence-corrected chi connectivity index (χ4v) is 4.35. The molecule has 0 bridgehead atoms. The van der Waals surface area contributed by atoms with Crippen molar-refractivity contribution < 1.29 is 19.1 Å². The normalized spacial score (nSPS) is 10.5. The van der Waals surface area contributed by atoms with Gasteiger partial charge in [-0.2, -0.15) is 0 Å². The molecule has 0 aliphatic heterocycles. The van der Waals surface area contributed by atoms with Crippen molar-refractivity contribution in [3.8, 4) is 0 Å². The third-order valence-corrected chi connectivity index (χ3v) is 5.71. The lowest BCUT2D eigenvalue weighted by Gasteiger charge is -2.11. The Bertz CT molecular complexity index is 1110. The number of benzene rings is 2. The second kappa shape index (κ2) is 9.69. The number of hydrogen-bond acceptors (Lipinski definition) is 6. The maximum Gasteiger partial charge on any atom is 0.348 e. The number of esters is 2. The minimum atomic E-state index is -0.516. The number of thiocarbonyl (C=S) groups is 1. The first-order chi connectivity index (χ1) is 14.4. The number of thiophene rings is 1. The van der Waals surface area contributed by atoms with Gasteiger partial charge in [0.2, 0.25) is 0 Å². The molecule has 0 aliphatic carbocycles. The molecular formula is C22H22N2O4S2. The van der Waals surface area contributed by atoms with Crippen LogP contribution in [-0.4, -0.2) is 30.3 Å². The SMILES string of the molecule is CCOC(=O)c1sc(NC(=S)Nc2ccc3ccccc3c2)c(C(=O)OCC)c1C. The monoisotopic (exact) mass is 442 g/mol. The van der Waals surface area contributed by atoms with Crippen LogP contribution in [0.4, 0.5) is 10.7 Å². The van der Waals surface area contributed by atoms with Crippen molar-refractivity contribution in [1.29, 1.82) is 0 Å². The van der Waals surface area contributed by atoms with E-state index in [1.807, 2.05) is 42.5 Å². The molecule has 0 saturated heterocycles. The number of carbonyl (C=O) groups is 2. The van der Waals surface area contributed by atoms with Crippen molar-refractivity contribution in [2.24, 2.45) is 0 Å². The summed E-state index contributed by atoms with van der Waals surface area (Å²) in [5.41, 5.74) is 1.60. The van der Waals surface area contributed by atoms with Crippen LogP contribution >= 0.6 is 23.6 Å². The Hall–Kier alpha value is -2.97. The highest BCUT2D eigenvalue weighted by Crippen LogP contribution is 2.34. The van der Waals surface area contributed by atoms with Crippen LogP contribution in [-0.2, 0) is 9.47 Å². The van der Waals surface area contributed by atoms with Crippen molar-refractivity contribution in [2.45, 2.75) is 20.8 Å². The van der Waals surface area contributed by atoms with Crippen LogP contribution in [0.2, 0.25) is 0 Å². The quantitative estimate of drug-likeness (QED) is 0.392. The molecule has 0 saturated carbocycles. The van der Waals surface area contributed by atoms with Crippen LogP contribution in [0.1, 0.15) is 39.4 Å². The molecule has 3 aromatic rings. The Labute approximate surface area is 184 Å². The average Bonchev–Trinajstić information content (AvgIpc) is 3.04. The van der Waals surface area contributed by atoms with Crippen molar-refractivity contribution in [3.05, 3.63) is 58.5 Å². The minimum absolute atomic E-state index is 0.224. The molecule has 0 radical (unpaired) electrons. The summed E-state index contributed by atoms with van der Waals surface area (Å²) in [6.07, 6.45) is 0. The van der Waals surface area contributed by atoms with Gasteiger partial charge in [-0.05, 0) is 61.5 Å². The summed E-state index contributed by atoms with van der Waals surface area (Å²) in [6.45, 7) is 5.62. The number of nitrogens with one attached hydrogen (secondary N) is 2. The summed E-state index contributed by atoms with van der Waals surface area (Å²) in [4.78, 5) is 25.1. The summed E-state index contributed by atoms with van der Waals surface area (Å²) >= 11 is 6.55. The van der Waals surface area contributed by atoms with Gasteiger partial charge in [-0.3, -0.25) is 0 Å². The van der Waals surface area contributed by atoms with Crippen LogP contribution in [0.3, 0.4) is 0 Å². The molecule has 1 heterocycles. The van der Waals surface area contributed by atoms with Gasteiger partial charge in [0.25, 0.3) is 0 Å². The lowest BCUT2D eigenvalue weighted by Crippen LogP contribution is -2.20. The highest BCUT2D eigenvalue weighted by Gasteiger charge is 2.26. The molecule has 0 aliphatic rings. The molecule has 30 heavy (non-hydrogen) atoms. The first-order valence-corrected chi connectivity index (χ1v) is 10.7. The second-order valence-electron chi connectivity index (χ2n) is 6.34. The Morgan fingerprint density at radius 3 is 2.33 bits per heavy atom. The Morgan fingerprint density at radius 2 is 1.63 bits per heavy atom. The lowest BCUT2D eigenvalue weighted by molar-refractivity contribution is 0.0527. The number of carbonyl (C=O) groups excluding carboxylic acids is 2. The highest BCUT2D eigenvalue weighted by atomic mass is 32.1. The topological polar surface area (TPSA) is 76.7 Å². The van der Waals surface area contributed by atoms with Gasteiger partial charge in [-0.1, -0.05) is 30.3 Å². The summed E-state index contributed by atoms with van der Waals surface area (Å²) in [5.74, 6) is -0.996. The van der Waals surface area contributed by atoms with Gasteiger partial charge in [0.1, 0.15) is 9.88 Å². The molecule has 0 atom stereocenters. The number of ether oxygens (including phenoxy) is 2. The minimum Gasteiger partial charge on any atom is -0.462 e. The molecule has 0 fully saturated rings. The predicted octanol–water partition coefficient (Wildman–Crippen LogP) is 5.37. The van der Waals surface area contributed by atoms with E-state index in [-0.39, 0.29) is 18.8 Å². The molecule has 1 aromatic heterocycles. The van der Waals surface area contributed by atoms with E-state index in [4.69, 9.17) is 21.7 Å². The molecule has 2 N–H and O–H groups in total. The van der Waals surface area contributed by atoms with E-state index in [9.17, 15) is 9.59 Å². The van der Waals surface area contributed by atoms with Crippen LogP contribution < -0.4 is 10.6 Å². The van der Waals surface area contributed by atoms with E-state index in [1.165, 1.54) is 0 Å². The summed E-state index contributed by atoms with van der Waals surface area (Å²) < 4.78 is 10.3. The second-order valence-corrected chi connectivity index (χ2v) is 7.77. The van der Waals surface area contributed by atoms with E-state index in [1.54, 1.807) is 20.8 Å². The number of hydrogen-bond donors (Lipinski definition) is 2. The number of rotatable bonds is 6. The molecule has 0 amide bonds. The average molecular weight is 443 g/mol. The fourth-order valence-electron chi connectivity index (χ4n) is 2.97. The first kappa shape index (κ1) is 21.7. The van der Waals surface area contributed by atoms with E-state index >= 15 is 0 Å². The molecule has 156 valence electrons. The standard InChI is InChI=1S/C22H22N2O4S2/c1-4-27-20(25)17-13(3)18(21(26)28-5-2)30-19(17)24-22(29)23-16-11-10-14-8-6-7-9-15(14)12-16/h6-12H,4-5H2,1-3H3,(H2,23,24,29). The van der Waals surface area contributed by atoms with Gasteiger partial charge >= 0.3 is 11.9 Å². The molecule has 2 aromatic carbocycles. The smallest absolute Gasteiger partial charge is 0.348 e. The van der Waals surface area contributed by atoms with E-state index in [0.29, 0.717) is 20.6 Å². The summed E-state index contributed by atoms with van der Waals surface area (Å²) in [7, 11) is 0. The zero-order chi connectivity index (χ0) is 21.7. The van der Waals surface area contributed by atoms with Gasteiger partial charge < -0.3 is 20.1 Å². The molecule has 0 spiro atoms. The van der Waals surface area contributed by atoms with E-state index < -0.39 is 11.9 Å². The van der Waals surface area contributed by atoms with E-state index in [0.717, 1.165) is 27.8 Å². The van der Waals surface area contributed by atoms with Crippen LogP contribution in [0, 0.1) is 6.92 Å². The van der Waals surface area contributed by atoms with Gasteiger partial charge in [0.15, 0.2) is 5.11 Å². The number of fused-ring (bicyclic) bond motifs is 1. The van der Waals surface area contributed by atoms with Crippen molar-refractivity contribution in [2.75, 3.05) is 23.8 Å². The third kappa shape index (κ3) is 4.77. The maximum absolute atomic E-state index is 12.5. The zero-order valence-corrected chi connectivity index (χ0v) is 18.5. The van der Waals surface area contributed by atoms with Gasteiger partial charge in [-0.15, -0.1) is 11.3 Å². The third-order valence-electron chi connectivity index (χ3n) is 4.32. The lowest BCUT2D eigenvalue weighted by atomic mass is 10.1. The Morgan fingerprint density at radius 1 is 0.967 bits per heavy atom. The molecule has 6 nitrogen and oxygen atoms in total. The summed E-state index contributed by atoms with van der Waals surface area (Å²) in [6, 6.07) is 13.9. The largest absolute Gasteiger partial charge is 0.462 e. The van der Waals surface area contributed by atoms with Crippen LogP contribution in [0.25, 0.3) is 10.8 Å². The Kier molecular flexibility index (Phi) is 7.02. The maximum atomic E-state index is 12.5. The highest BCUT2D eigenvalue weighted by molar-refractivity contribution is 7.80. The van der Waals surface area contributed by atoms with Gasteiger partial charge in [0.05, 0.1) is 18.8 Å².